The summed E-state index contributed by atoms with van der Waals surface area (Å²) in [7, 11) is 0. The molecule has 6 rings (SSSR count). The summed E-state index contributed by atoms with van der Waals surface area (Å²) in [6.45, 7) is 0.729. The Bertz CT molecular complexity index is 1210. The molecule has 1 aliphatic carbocycles. The zero-order chi connectivity index (χ0) is 25.2. The van der Waals surface area contributed by atoms with Gasteiger partial charge >= 0.3 is 6.09 Å². The number of piperidine rings is 2. The van der Waals surface area contributed by atoms with Gasteiger partial charge in [0.05, 0.1) is 6.61 Å². The molecule has 2 bridgehead atoms. The van der Waals surface area contributed by atoms with Crippen LogP contribution in [0.15, 0.2) is 78.9 Å². The number of hydrogen-bond acceptors (Lipinski definition) is 4. The molecule has 1 amide bonds. The zero-order valence-corrected chi connectivity index (χ0v) is 21.1. The number of benzene rings is 3. The highest BCUT2D eigenvalue weighted by molar-refractivity contribution is 5.82. The van der Waals surface area contributed by atoms with Crippen molar-refractivity contribution in [1.29, 1.82) is 0 Å². The molecule has 5 heteroatoms. The molecule has 0 saturated carbocycles. The number of ketones is 1. The Balaban J connectivity index is 1.07. The van der Waals surface area contributed by atoms with E-state index in [1.54, 1.807) is 0 Å². The van der Waals surface area contributed by atoms with Crippen LogP contribution in [0.25, 0.3) is 11.1 Å². The fraction of sp³-hybridized carbons (Fsp3) is 0.375. The number of nitrogens with zero attached hydrogens (tertiary/aromatic N) is 1. The molecule has 2 atom stereocenters. The van der Waals surface area contributed by atoms with Gasteiger partial charge in [-0.3, -0.25) is 4.79 Å². The predicted molar refractivity (Wildman–Crippen MR) is 143 cm³/mol. The minimum absolute atomic E-state index is 0.00712. The molecule has 2 heterocycles. The number of ether oxygens (including phenoxy) is 2. The van der Waals surface area contributed by atoms with Crippen LogP contribution in [-0.2, 0) is 9.53 Å². The van der Waals surface area contributed by atoms with Gasteiger partial charge in [0.1, 0.15) is 18.1 Å². The van der Waals surface area contributed by atoms with Crippen molar-refractivity contribution in [3.8, 4) is 16.9 Å². The van der Waals surface area contributed by atoms with E-state index in [2.05, 4.69) is 48.5 Å². The van der Waals surface area contributed by atoms with Crippen LogP contribution < -0.4 is 4.74 Å². The number of amides is 1. The normalized spacial score (nSPS) is 22.2. The molecule has 2 aliphatic heterocycles. The lowest BCUT2D eigenvalue weighted by molar-refractivity contribution is -0.127. The highest BCUT2D eigenvalue weighted by atomic mass is 16.6. The number of Topliss-reactive ketones (excluding diaryl/α,β-unsaturated/α-hetero) is 1. The van der Waals surface area contributed by atoms with Crippen molar-refractivity contribution in [1.82, 2.24) is 4.90 Å². The number of para-hydroxylation sites is 1. The third-order valence-electron chi connectivity index (χ3n) is 8.34. The van der Waals surface area contributed by atoms with Crippen molar-refractivity contribution in [2.24, 2.45) is 5.92 Å². The van der Waals surface area contributed by atoms with Crippen molar-refractivity contribution in [2.45, 2.75) is 56.5 Å². The van der Waals surface area contributed by atoms with E-state index in [-0.39, 0.29) is 35.8 Å². The maximum Gasteiger partial charge on any atom is 0.410 e. The standard InChI is InChI=1S/C32H33NO4/c34-31(17-18-36-25-11-2-1-3-12-25)22-19-23-9-8-10-24(20-22)33(23)32(35)37-21-30-28-15-6-4-13-26(28)27-14-5-7-16-29(27)30/h1-7,11-16,22-24,30H,8-10,17-21H2. The smallest absolute Gasteiger partial charge is 0.410 e. The van der Waals surface area contributed by atoms with Crippen LogP contribution in [0.5, 0.6) is 5.75 Å². The molecule has 2 fully saturated rings. The molecule has 190 valence electrons. The largest absolute Gasteiger partial charge is 0.493 e. The molecular formula is C32H33NO4. The van der Waals surface area contributed by atoms with E-state index in [0.29, 0.717) is 19.6 Å². The van der Waals surface area contributed by atoms with Crippen LogP contribution in [0.2, 0.25) is 0 Å². The zero-order valence-electron chi connectivity index (χ0n) is 21.1. The third kappa shape index (κ3) is 4.75. The second-order valence-corrected chi connectivity index (χ2v) is 10.5. The van der Waals surface area contributed by atoms with E-state index < -0.39 is 0 Å². The lowest BCUT2D eigenvalue weighted by Gasteiger charge is -2.47. The summed E-state index contributed by atoms with van der Waals surface area (Å²) in [6.07, 6.45) is 4.60. The van der Waals surface area contributed by atoms with E-state index >= 15 is 0 Å². The molecule has 0 N–H and O–H groups in total. The summed E-state index contributed by atoms with van der Waals surface area (Å²) in [5.41, 5.74) is 4.90. The second kappa shape index (κ2) is 10.4. The van der Waals surface area contributed by atoms with Gasteiger partial charge in [0.25, 0.3) is 0 Å². The molecule has 0 radical (unpaired) electrons. The first-order valence-electron chi connectivity index (χ1n) is 13.5. The maximum atomic E-state index is 13.4. The average Bonchev–Trinajstić information content (AvgIpc) is 3.25. The van der Waals surface area contributed by atoms with E-state index in [4.69, 9.17) is 9.47 Å². The monoisotopic (exact) mass is 495 g/mol. The van der Waals surface area contributed by atoms with Crippen LogP contribution in [-0.4, -0.2) is 42.1 Å². The van der Waals surface area contributed by atoms with Crippen LogP contribution >= 0.6 is 0 Å². The number of hydrogen-bond donors (Lipinski definition) is 0. The number of rotatable bonds is 7. The van der Waals surface area contributed by atoms with Crippen LogP contribution in [0.3, 0.4) is 0 Å². The van der Waals surface area contributed by atoms with E-state index in [1.165, 1.54) is 22.3 Å². The van der Waals surface area contributed by atoms with Gasteiger partial charge in [0, 0.05) is 30.3 Å². The molecule has 2 saturated heterocycles. The first-order chi connectivity index (χ1) is 18.2. The lowest BCUT2D eigenvalue weighted by Crippen LogP contribution is -2.56. The van der Waals surface area contributed by atoms with Gasteiger partial charge in [0.15, 0.2) is 0 Å². The van der Waals surface area contributed by atoms with Crippen molar-refractivity contribution in [2.75, 3.05) is 13.2 Å². The molecule has 37 heavy (non-hydrogen) atoms. The SMILES string of the molecule is O=C(CCOc1ccccc1)C1CC2CCCC(C1)N2C(=O)OCC1c2ccccc2-c2ccccc21. The van der Waals surface area contributed by atoms with Crippen molar-refractivity contribution < 1.29 is 19.1 Å². The number of carbonyl (C=O) groups excluding carboxylic acids is 2. The third-order valence-corrected chi connectivity index (χ3v) is 8.34. The highest BCUT2D eigenvalue weighted by Crippen LogP contribution is 2.45. The summed E-state index contributed by atoms with van der Waals surface area (Å²) >= 11 is 0. The molecule has 0 spiro atoms. The first kappa shape index (κ1) is 23.8. The van der Waals surface area contributed by atoms with Crippen molar-refractivity contribution in [3.05, 3.63) is 90.0 Å². The van der Waals surface area contributed by atoms with Crippen LogP contribution in [0.1, 0.15) is 55.6 Å². The average molecular weight is 496 g/mol. The first-order valence-corrected chi connectivity index (χ1v) is 13.5. The number of fused-ring (bicyclic) bond motifs is 5. The van der Waals surface area contributed by atoms with Crippen molar-refractivity contribution in [3.63, 3.8) is 0 Å². The minimum atomic E-state index is -0.227. The van der Waals surface area contributed by atoms with Gasteiger partial charge in [-0.1, -0.05) is 66.7 Å². The maximum absolute atomic E-state index is 13.4. The molecule has 3 aromatic rings. The topological polar surface area (TPSA) is 55.8 Å². The Labute approximate surface area is 218 Å². The predicted octanol–water partition coefficient (Wildman–Crippen LogP) is 6.61. The Kier molecular flexibility index (Phi) is 6.69. The summed E-state index contributed by atoms with van der Waals surface area (Å²) in [5.74, 6) is 1.09. The fourth-order valence-corrected chi connectivity index (χ4v) is 6.60. The van der Waals surface area contributed by atoms with Gasteiger partial charge in [0.2, 0.25) is 0 Å². The van der Waals surface area contributed by atoms with Gasteiger partial charge in [-0.05, 0) is 66.5 Å². The fourth-order valence-electron chi connectivity index (χ4n) is 6.60. The van der Waals surface area contributed by atoms with Crippen LogP contribution in [0, 0.1) is 5.92 Å². The molecule has 3 aliphatic rings. The molecular weight excluding hydrogens is 462 g/mol. The Morgan fingerprint density at radius 2 is 1.38 bits per heavy atom. The van der Waals surface area contributed by atoms with Crippen LogP contribution in [0.4, 0.5) is 4.79 Å². The Hall–Kier alpha value is -3.60. The van der Waals surface area contributed by atoms with Crippen molar-refractivity contribution >= 4 is 11.9 Å². The van der Waals surface area contributed by atoms with E-state index in [9.17, 15) is 9.59 Å². The van der Waals surface area contributed by atoms with E-state index in [1.807, 2.05) is 35.2 Å². The molecule has 0 aromatic heterocycles. The quantitative estimate of drug-likeness (QED) is 0.370. The van der Waals surface area contributed by atoms with Gasteiger partial charge in [-0.15, -0.1) is 0 Å². The highest BCUT2D eigenvalue weighted by Gasteiger charge is 2.43. The van der Waals surface area contributed by atoms with Gasteiger partial charge in [-0.25, -0.2) is 4.79 Å². The van der Waals surface area contributed by atoms with Gasteiger partial charge in [-0.2, -0.15) is 0 Å². The molecule has 2 unspecified atom stereocenters. The molecule has 5 nitrogen and oxygen atoms in total. The summed E-state index contributed by atoms with van der Waals surface area (Å²) in [5, 5.41) is 0. The Morgan fingerprint density at radius 1 is 0.784 bits per heavy atom. The minimum Gasteiger partial charge on any atom is -0.493 e. The van der Waals surface area contributed by atoms with Gasteiger partial charge < -0.3 is 14.4 Å². The van der Waals surface area contributed by atoms with E-state index in [0.717, 1.165) is 37.9 Å². The number of carbonyl (C=O) groups is 2. The summed E-state index contributed by atoms with van der Waals surface area (Å²) < 4.78 is 11.8. The Morgan fingerprint density at radius 3 is 2.03 bits per heavy atom. The molecule has 3 aromatic carbocycles. The second-order valence-electron chi connectivity index (χ2n) is 10.5. The summed E-state index contributed by atoms with van der Waals surface area (Å²) in [6, 6.07) is 26.6. The summed E-state index contributed by atoms with van der Waals surface area (Å²) in [4.78, 5) is 28.4. The lowest BCUT2D eigenvalue weighted by atomic mass is 9.76.